The molecule has 3 rings (SSSR count). The number of halogens is 1. The largest absolute Gasteiger partial charge is 0.338 e. The van der Waals surface area contributed by atoms with Crippen molar-refractivity contribution in [2.45, 2.75) is 38.5 Å². The Hall–Kier alpha value is -1.20. The molecule has 1 aromatic heterocycles. The molecule has 1 saturated heterocycles. The minimum absolute atomic E-state index is 0.0354. The summed E-state index contributed by atoms with van der Waals surface area (Å²) in [6.07, 6.45) is 3.14. The smallest absolute Gasteiger partial charge is 0.233 e. The normalized spacial score (nSPS) is 17.9. The Balaban J connectivity index is 1.95. The number of aryl methyl sites for hydroxylation is 1. The molecule has 1 fully saturated rings. The van der Waals surface area contributed by atoms with Crippen LogP contribution in [0.2, 0.25) is 0 Å². The van der Waals surface area contributed by atoms with E-state index in [4.69, 9.17) is 9.51 Å². The number of benzene rings is 1. The number of nitrogens with zero attached hydrogens (tertiary/aromatic N) is 2. The van der Waals surface area contributed by atoms with Gasteiger partial charge in [0.1, 0.15) is 0 Å². The highest BCUT2D eigenvalue weighted by Gasteiger charge is 2.37. The third-order valence-electron chi connectivity index (χ3n) is 4.48. The lowest BCUT2D eigenvalue weighted by atomic mass is 9.76. The van der Waals surface area contributed by atoms with Crippen molar-refractivity contribution in [3.63, 3.8) is 0 Å². The van der Waals surface area contributed by atoms with Crippen molar-refractivity contribution >= 4 is 15.9 Å². The van der Waals surface area contributed by atoms with E-state index in [-0.39, 0.29) is 5.41 Å². The molecule has 0 radical (unpaired) electrons. The Morgan fingerprint density at radius 3 is 2.76 bits per heavy atom. The Morgan fingerprint density at radius 1 is 1.33 bits per heavy atom. The van der Waals surface area contributed by atoms with Crippen LogP contribution in [0.15, 0.2) is 27.2 Å². The summed E-state index contributed by atoms with van der Waals surface area (Å²) in [5.74, 6) is 1.46. The van der Waals surface area contributed by atoms with Crippen molar-refractivity contribution in [1.29, 1.82) is 0 Å². The standard InChI is InChI=1S/C16H20BrN3O/c1-3-16(6-8-18-9-7-16)15-19-14(20-21-15)12-5-4-11(2)10-13(12)17/h4-5,10,18H,3,6-9H2,1-2H3. The van der Waals surface area contributed by atoms with Crippen LogP contribution in [0, 0.1) is 6.92 Å². The van der Waals surface area contributed by atoms with Crippen LogP contribution in [0.4, 0.5) is 0 Å². The Kier molecular flexibility index (Phi) is 4.13. The minimum atomic E-state index is 0.0354. The van der Waals surface area contributed by atoms with Gasteiger partial charge in [0, 0.05) is 10.0 Å². The average molecular weight is 350 g/mol. The number of aromatic nitrogens is 2. The quantitative estimate of drug-likeness (QED) is 0.914. The maximum atomic E-state index is 5.63. The van der Waals surface area contributed by atoms with Crippen molar-refractivity contribution in [2.24, 2.45) is 0 Å². The summed E-state index contributed by atoms with van der Waals surface area (Å²) >= 11 is 3.59. The first-order valence-electron chi connectivity index (χ1n) is 7.46. The highest BCUT2D eigenvalue weighted by Crippen LogP contribution is 2.37. The summed E-state index contributed by atoms with van der Waals surface area (Å²) in [4.78, 5) is 4.70. The summed E-state index contributed by atoms with van der Waals surface area (Å²) in [7, 11) is 0. The lowest BCUT2D eigenvalue weighted by Crippen LogP contribution is -2.39. The van der Waals surface area contributed by atoms with Gasteiger partial charge in [0.05, 0.1) is 5.41 Å². The van der Waals surface area contributed by atoms with Crippen LogP contribution in [-0.2, 0) is 5.41 Å². The van der Waals surface area contributed by atoms with Gasteiger partial charge in [-0.25, -0.2) is 0 Å². The molecule has 0 unspecified atom stereocenters. The van der Waals surface area contributed by atoms with Crippen molar-refractivity contribution in [1.82, 2.24) is 15.5 Å². The minimum Gasteiger partial charge on any atom is -0.338 e. The summed E-state index contributed by atoms with van der Waals surface area (Å²) in [6, 6.07) is 6.18. The van der Waals surface area contributed by atoms with Crippen LogP contribution in [0.3, 0.4) is 0 Å². The van der Waals surface area contributed by atoms with E-state index in [1.807, 2.05) is 6.07 Å². The fourth-order valence-corrected chi connectivity index (χ4v) is 3.64. The molecule has 0 amide bonds. The molecule has 1 aliphatic heterocycles. The molecule has 21 heavy (non-hydrogen) atoms. The summed E-state index contributed by atoms with van der Waals surface area (Å²) in [5.41, 5.74) is 2.22. The van der Waals surface area contributed by atoms with E-state index in [1.165, 1.54) is 5.56 Å². The van der Waals surface area contributed by atoms with Crippen LogP contribution >= 0.6 is 15.9 Å². The maximum absolute atomic E-state index is 5.63. The summed E-state index contributed by atoms with van der Waals surface area (Å²) in [5, 5.41) is 7.61. The number of hydrogen-bond donors (Lipinski definition) is 1. The molecular weight excluding hydrogens is 330 g/mol. The predicted octanol–water partition coefficient (Wildman–Crippen LogP) is 3.84. The lowest BCUT2D eigenvalue weighted by molar-refractivity contribution is 0.216. The first-order chi connectivity index (χ1) is 10.1. The SMILES string of the molecule is CCC1(c2nc(-c3ccc(C)cc3Br)no2)CCNCC1. The van der Waals surface area contributed by atoms with Crippen LogP contribution in [0.5, 0.6) is 0 Å². The third-order valence-corrected chi connectivity index (χ3v) is 5.14. The van der Waals surface area contributed by atoms with Gasteiger partial charge in [-0.1, -0.05) is 34.1 Å². The summed E-state index contributed by atoms with van der Waals surface area (Å²) in [6.45, 7) is 6.30. The number of piperidine rings is 1. The first-order valence-corrected chi connectivity index (χ1v) is 8.25. The molecule has 2 aromatic rings. The Morgan fingerprint density at radius 2 is 2.10 bits per heavy atom. The van der Waals surface area contributed by atoms with Crippen molar-refractivity contribution in [3.05, 3.63) is 34.1 Å². The van der Waals surface area contributed by atoms with Gasteiger partial charge in [0.25, 0.3) is 0 Å². The highest BCUT2D eigenvalue weighted by molar-refractivity contribution is 9.10. The topological polar surface area (TPSA) is 51.0 Å². The van der Waals surface area contributed by atoms with E-state index in [2.05, 4.69) is 52.4 Å². The average Bonchev–Trinajstić information content (AvgIpc) is 2.98. The number of rotatable bonds is 3. The first kappa shape index (κ1) is 14.7. The molecule has 0 saturated carbocycles. The maximum Gasteiger partial charge on any atom is 0.233 e. The van der Waals surface area contributed by atoms with Crippen LogP contribution in [0.25, 0.3) is 11.4 Å². The zero-order chi connectivity index (χ0) is 14.9. The molecule has 0 atom stereocenters. The van der Waals surface area contributed by atoms with Gasteiger partial charge >= 0.3 is 0 Å². The van der Waals surface area contributed by atoms with E-state index in [0.29, 0.717) is 5.82 Å². The van der Waals surface area contributed by atoms with Crippen molar-refractivity contribution < 1.29 is 4.52 Å². The van der Waals surface area contributed by atoms with E-state index >= 15 is 0 Å². The third kappa shape index (κ3) is 2.77. The van der Waals surface area contributed by atoms with Gasteiger partial charge in [-0.15, -0.1) is 0 Å². The monoisotopic (exact) mass is 349 g/mol. The van der Waals surface area contributed by atoms with Crippen LogP contribution < -0.4 is 5.32 Å². The van der Waals surface area contributed by atoms with Crippen LogP contribution in [0.1, 0.15) is 37.6 Å². The lowest BCUT2D eigenvalue weighted by Gasteiger charge is -2.33. The zero-order valence-electron chi connectivity index (χ0n) is 12.4. The van der Waals surface area contributed by atoms with Crippen molar-refractivity contribution in [3.8, 4) is 11.4 Å². The molecular formula is C16H20BrN3O. The molecule has 1 aliphatic rings. The second-order valence-corrected chi connectivity index (χ2v) is 6.64. The zero-order valence-corrected chi connectivity index (χ0v) is 14.0. The molecule has 1 aromatic carbocycles. The van der Waals surface area contributed by atoms with Crippen molar-refractivity contribution in [2.75, 3.05) is 13.1 Å². The molecule has 0 spiro atoms. The van der Waals surface area contributed by atoms with Gasteiger partial charge in [-0.05, 0) is 57.0 Å². The molecule has 0 aliphatic carbocycles. The van der Waals surface area contributed by atoms with Gasteiger partial charge in [-0.2, -0.15) is 4.98 Å². The Labute approximate surface area is 133 Å². The Bertz CT molecular complexity index is 632. The molecule has 112 valence electrons. The summed E-state index contributed by atoms with van der Waals surface area (Å²) < 4.78 is 6.63. The fourth-order valence-electron chi connectivity index (χ4n) is 2.97. The highest BCUT2D eigenvalue weighted by atomic mass is 79.9. The van der Waals surface area contributed by atoms with E-state index in [1.54, 1.807) is 0 Å². The fraction of sp³-hybridized carbons (Fsp3) is 0.500. The van der Waals surface area contributed by atoms with E-state index in [0.717, 1.165) is 48.3 Å². The van der Waals surface area contributed by atoms with Gasteiger partial charge in [-0.3, -0.25) is 0 Å². The predicted molar refractivity (Wildman–Crippen MR) is 86.2 cm³/mol. The number of nitrogens with one attached hydrogen (secondary N) is 1. The van der Waals surface area contributed by atoms with E-state index < -0.39 is 0 Å². The second-order valence-electron chi connectivity index (χ2n) is 5.79. The molecule has 0 bridgehead atoms. The second kappa shape index (κ2) is 5.89. The molecule has 2 heterocycles. The van der Waals surface area contributed by atoms with Crippen LogP contribution in [-0.4, -0.2) is 23.2 Å². The molecule has 4 nitrogen and oxygen atoms in total. The number of hydrogen-bond acceptors (Lipinski definition) is 4. The van der Waals surface area contributed by atoms with E-state index in [9.17, 15) is 0 Å². The molecule has 1 N–H and O–H groups in total. The molecule has 5 heteroatoms. The van der Waals surface area contributed by atoms with Gasteiger partial charge < -0.3 is 9.84 Å². The van der Waals surface area contributed by atoms with Gasteiger partial charge in [0.2, 0.25) is 11.7 Å². The van der Waals surface area contributed by atoms with Gasteiger partial charge in [0.15, 0.2) is 0 Å².